The SMILES string of the molecule is CC(C)c1ccc(NC(CC(O)c2ccccc2)c2ccccn2)cc1.COc1ccc(-c2cccc(CNc3cc(C(C)(F)F)cc(C(F)(F)F)c3)n2)cc1.COc1ccc(N(C)Cc2cccc(C)n2)cc1.Cc1cccc(CN(C)CCCCCCN(C)Cc2cccc(C)n2)n1. The molecule has 13 nitrogen and oxygen atoms in total. The molecule has 10 aromatic rings. The fourth-order valence-corrected chi connectivity index (χ4v) is 10.9. The standard InChI is InChI=1S/C23H26N2O.C22H19F5N2O.C22H34N4.C15H18N2O/c1-17(2)18-11-13-20(14-12-18)25-22(21-10-6-7-15-24-21)16-23(26)19-8-4-3-5-9-19;1-21(23,24)15-10-16(22(25,26)27)12-18(11-15)28-13-17-4-3-5-20(29-17)14-6-8-19(30-2)9-7-14;1-19-11-9-13-21(23-19)17-25(3)15-7-5-6-8-16-26(4)18-22-14-10-12-20(2)24-22;1-12-5-4-6-13(16-12)11-17(2)14-7-9-15(18-3)10-8-14/h3-15,17,22-23,25-26H,16H2,1-2H3;3-12,28H,13H2,1-2H3;9-14H,5-8,15-18H2,1-4H3;4-10H,11H2,1-3H3. The monoisotopic (exact) mass is 1360 g/mol. The third-order valence-corrected chi connectivity index (χ3v) is 16.5. The summed E-state index contributed by atoms with van der Waals surface area (Å²) in [5.41, 5.74) is 12.2. The number of anilines is 3. The fourth-order valence-electron chi connectivity index (χ4n) is 10.9. The van der Waals surface area contributed by atoms with E-state index in [1.54, 1.807) is 50.7 Å². The van der Waals surface area contributed by atoms with E-state index < -0.39 is 29.3 Å². The number of hydrogen-bond acceptors (Lipinski definition) is 13. The van der Waals surface area contributed by atoms with E-state index >= 15 is 0 Å². The second-order valence-corrected chi connectivity index (χ2v) is 25.4. The van der Waals surface area contributed by atoms with Crippen LogP contribution in [0.25, 0.3) is 11.3 Å². The van der Waals surface area contributed by atoms with Gasteiger partial charge in [-0.3, -0.25) is 24.9 Å². The van der Waals surface area contributed by atoms with Crippen molar-refractivity contribution in [1.82, 2.24) is 34.7 Å². The van der Waals surface area contributed by atoms with Gasteiger partial charge in [0, 0.05) is 84.9 Å². The van der Waals surface area contributed by atoms with Crippen molar-refractivity contribution in [2.75, 3.05) is 64.0 Å². The van der Waals surface area contributed by atoms with E-state index in [1.807, 2.05) is 97.9 Å². The highest BCUT2D eigenvalue weighted by Gasteiger charge is 2.34. The van der Waals surface area contributed by atoms with Crippen LogP contribution in [0.15, 0.2) is 219 Å². The van der Waals surface area contributed by atoms with Crippen molar-refractivity contribution < 1.29 is 36.5 Å². The lowest BCUT2D eigenvalue weighted by atomic mass is 9.99. The van der Waals surface area contributed by atoms with E-state index in [9.17, 15) is 27.1 Å². The topological polar surface area (TPSA) is 137 Å². The molecule has 528 valence electrons. The van der Waals surface area contributed by atoms with Crippen LogP contribution in [0, 0.1) is 20.8 Å². The van der Waals surface area contributed by atoms with Crippen LogP contribution in [0.2, 0.25) is 0 Å². The minimum atomic E-state index is -4.73. The van der Waals surface area contributed by atoms with Gasteiger partial charge in [-0.2, -0.15) is 13.2 Å². The molecular formula is C82H97F5N10O3. The van der Waals surface area contributed by atoms with Gasteiger partial charge in [0.05, 0.1) is 79.2 Å². The molecule has 5 aromatic heterocycles. The maximum Gasteiger partial charge on any atom is 0.416 e. The first-order chi connectivity index (χ1) is 47.9. The Bertz CT molecular complexity index is 3910. The van der Waals surface area contributed by atoms with Crippen LogP contribution < -0.4 is 25.0 Å². The first-order valence-electron chi connectivity index (χ1n) is 33.9. The normalized spacial score (nSPS) is 11.9. The van der Waals surface area contributed by atoms with E-state index in [2.05, 4.69) is 172 Å². The minimum Gasteiger partial charge on any atom is -0.497 e. The summed E-state index contributed by atoms with van der Waals surface area (Å²) in [4.78, 5) is 29.6. The average Bonchev–Trinajstić information content (AvgIpc) is 0.795. The number of aryl methyl sites for hydroxylation is 3. The molecule has 2 unspecified atom stereocenters. The van der Waals surface area contributed by atoms with Gasteiger partial charge in [0.1, 0.15) is 11.5 Å². The number of hydrogen-bond donors (Lipinski definition) is 3. The molecule has 0 fully saturated rings. The Morgan fingerprint density at radius 2 is 1.01 bits per heavy atom. The van der Waals surface area contributed by atoms with Gasteiger partial charge in [-0.25, -0.2) is 8.78 Å². The van der Waals surface area contributed by atoms with Crippen molar-refractivity contribution in [3.05, 3.63) is 286 Å². The van der Waals surface area contributed by atoms with Crippen LogP contribution in [-0.4, -0.2) is 88.3 Å². The molecule has 0 aliphatic carbocycles. The molecule has 100 heavy (non-hydrogen) atoms. The Kier molecular flexibility index (Phi) is 30.5. The molecule has 3 N–H and O–H groups in total. The van der Waals surface area contributed by atoms with Crippen LogP contribution >= 0.6 is 0 Å². The van der Waals surface area contributed by atoms with Crippen molar-refractivity contribution in [3.63, 3.8) is 0 Å². The van der Waals surface area contributed by atoms with Crippen LogP contribution in [-0.2, 0) is 38.3 Å². The summed E-state index contributed by atoms with van der Waals surface area (Å²) in [6.45, 7) is 16.1. The lowest BCUT2D eigenvalue weighted by Crippen LogP contribution is -2.21. The van der Waals surface area contributed by atoms with Gasteiger partial charge in [-0.05, 0) is 217 Å². The first kappa shape index (κ1) is 77.7. The molecule has 0 aliphatic rings. The molecule has 0 saturated heterocycles. The average molecular weight is 1370 g/mol. The number of halogens is 5. The third-order valence-electron chi connectivity index (χ3n) is 16.5. The molecule has 5 aromatic carbocycles. The zero-order chi connectivity index (χ0) is 72.0. The molecule has 0 saturated carbocycles. The summed E-state index contributed by atoms with van der Waals surface area (Å²) < 4.78 is 76.9. The Morgan fingerprint density at radius 3 is 1.51 bits per heavy atom. The van der Waals surface area contributed by atoms with E-state index in [4.69, 9.17) is 9.47 Å². The lowest BCUT2D eigenvalue weighted by molar-refractivity contribution is -0.137. The van der Waals surface area contributed by atoms with Gasteiger partial charge in [0.25, 0.3) is 5.92 Å². The maximum atomic E-state index is 13.6. The number of unbranched alkanes of at least 4 members (excludes halogenated alkanes) is 3. The second-order valence-electron chi connectivity index (χ2n) is 25.4. The van der Waals surface area contributed by atoms with Gasteiger partial charge in [0.15, 0.2) is 0 Å². The maximum absolute atomic E-state index is 13.6. The Hall–Kier alpha value is -9.62. The molecule has 0 bridgehead atoms. The largest absolute Gasteiger partial charge is 0.497 e. The summed E-state index contributed by atoms with van der Waals surface area (Å²) >= 11 is 0. The van der Waals surface area contributed by atoms with Crippen LogP contribution in [0.3, 0.4) is 0 Å². The number of pyridine rings is 5. The number of nitrogens with zero attached hydrogens (tertiary/aromatic N) is 8. The van der Waals surface area contributed by atoms with Gasteiger partial charge in [0.2, 0.25) is 0 Å². The van der Waals surface area contributed by atoms with E-state index in [-0.39, 0.29) is 18.3 Å². The number of ether oxygens (including phenoxy) is 2. The molecule has 0 spiro atoms. The molecule has 10 rings (SSSR count). The minimum absolute atomic E-state index is 0.0574. The van der Waals surface area contributed by atoms with Crippen molar-refractivity contribution in [1.29, 1.82) is 0 Å². The zero-order valence-corrected chi connectivity index (χ0v) is 59.5. The number of aromatic nitrogens is 5. The quantitative estimate of drug-likeness (QED) is 0.0317. The van der Waals surface area contributed by atoms with Crippen molar-refractivity contribution in [3.8, 4) is 22.8 Å². The number of benzene rings is 5. The summed E-state index contributed by atoms with van der Waals surface area (Å²) in [5, 5.41) is 17.0. The van der Waals surface area contributed by atoms with E-state index in [0.717, 1.165) is 102 Å². The lowest BCUT2D eigenvalue weighted by Gasteiger charge is -2.23. The molecule has 18 heteroatoms. The van der Waals surface area contributed by atoms with E-state index in [0.29, 0.717) is 42.5 Å². The van der Waals surface area contributed by atoms with Gasteiger partial charge >= 0.3 is 6.18 Å². The van der Waals surface area contributed by atoms with E-state index in [1.165, 1.54) is 42.6 Å². The Morgan fingerprint density at radius 1 is 0.500 bits per heavy atom. The predicted octanol–water partition coefficient (Wildman–Crippen LogP) is 19.2. The summed E-state index contributed by atoms with van der Waals surface area (Å²) in [6, 6.07) is 65.5. The molecule has 2 atom stereocenters. The summed E-state index contributed by atoms with van der Waals surface area (Å²) in [7, 11) is 9.67. The predicted molar refractivity (Wildman–Crippen MR) is 395 cm³/mol. The highest BCUT2D eigenvalue weighted by molar-refractivity contribution is 5.60. The van der Waals surface area contributed by atoms with Crippen LogP contribution in [0.1, 0.15) is 139 Å². The summed E-state index contributed by atoms with van der Waals surface area (Å²) in [6.07, 6.45) is 2.16. The van der Waals surface area contributed by atoms with Crippen LogP contribution in [0.5, 0.6) is 11.5 Å². The molecule has 0 radical (unpaired) electrons. The zero-order valence-electron chi connectivity index (χ0n) is 59.5. The highest BCUT2D eigenvalue weighted by Crippen LogP contribution is 2.37. The van der Waals surface area contributed by atoms with Crippen molar-refractivity contribution in [2.24, 2.45) is 0 Å². The molecule has 5 heterocycles. The van der Waals surface area contributed by atoms with Gasteiger partial charge in [-0.15, -0.1) is 0 Å². The van der Waals surface area contributed by atoms with Gasteiger partial charge < -0.3 is 39.9 Å². The molecule has 0 aliphatic heterocycles. The number of rotatable bonds is 28. The molecular weight excluding hydrogens is 1270 g/mol. The smallest absolute Gasteiger partial charge is 0.416 e. The first-order valence-corrected chi connectivity index (χ1v) is 33.9. The Labute approximate surface area is 588 Å². The van der Waals surface area contributed by atoms with Crippen molar-refractivity contribution in [2.45, 2.75) is 130 Å². The highest BCUT2D eigenvalue weighted by atomic mass is 19.4. The van der Waals surface area contributed by atoms with Crippen LogP contribution in [0.4, 0.5) is 39.0 Å². The number of aliphatic hydroxyl groups is 1. The number of alkyl halides is 5. The van der Waals surface area contributed by atoms with Crippen molar-refractivity contribution >= 4 is 17.1 Å². The summed E-state index contributed by atoms with van der Waals surface area (Å²) in [5.74, 6) is -1.31. The molecule has 0 amide bonds. The third kappa shape index (κ3) is 26.9. The number of nitrogens with one attached hydrogen (secondary N) is 2. The number of methoxy groups -OCH3 is 2. The Balaban J connectivity index is 0.000000190. The fraction of sp³-hybridized carbons (Fsp3) is 0.329. The second kappa shape index (κ2) is 39.2. The number of aliphatic hydroxyl groups excluding tert-OH is 1. The van der Waals surface area contributed by atoms with Gasteiger partial charge in [-0.1, -0.05) is 99.5 Å².